The van der Waals surface area contributed by atoms with Gasteiger partial charge in [-0.2, -0.15) is 5.10 Å². The molecule has 4 aromatic rings. The van der Waals surface area contributed by atoms with Gasteiger partial charge in [0.05, 0.1) is 19.3 Å². The van der Waals surface area contributed by atoms with Crippen LogP contribution in [0.15, 0.2) is 65.8 Å². The quantitative estimate of drug-likeness (QED) is 0.490. The molecule has 0 aliphatic rings. The van der Waals surface area contributed by atoms with Crippen LogP contribution in [0.4, 0.5) is 4.39 Å². The number of hydrogen-bond donors (Lipinski definition) is 1. The summed E-state index contributed by atoms with van der Waals surface area (Å²) in [4.78, 5) is 29.6. The van der Waals surface area contributed by atoms with Crippen molar-refractivity contribution in [2.24, 2.45) is 0 Å². The molecule has 0 saturated carbocycles. The minimum atomic E-state index is -0.352. The van der Waals surface area contributed by atoms with Gasteiger partial charge in [0.25, 0.3) is 11.5 Å². The van der Waals surface area contributed by atoms with Crippen LogP contribution in [-0.2, 0) is 18.5 Å². The number of carbonyl (C=O) groups is 1. The number of benzene rings is 2. The van der Waals surface area contributed by atoms with E-state index in [1.165, 1.54) is 29.2 Å². The fourth-order valence-electron chi connectivity index (χ4n) is 3.60. The summed E-state index contributed by atoms with van der Waals surface area (Å²) in [5.41, 5.74) is 2.64. The number of rotatable bonds is 6. The molecule has 2 aromatic heterocycles. The number of hydrogen-bond acceptors (Lipinski definition) is 4. The third-order valence-corrected chi connectivity index (χ3v) is 5.49. The van der Waals surface area contributed by atoms with E-state index < -0.39 is 0 Å². The van der Waals surface area contributed by atoms with E-state index in [2.05, 4.69) is 36.2 Å². The molecule has 4 rings (SSSR count). The Morgan fingerprint density at radius 1 is 1.12 bits per heavy atom. The normalized spacial score (nSPS) is 11.6. The molecule has 170 valence electrons. The molecule has 0 fully saturated rings. The first-order chi connectivity index (χ1) is 15.7. The van der Waals surface area contributed by atoms with Crippen molar-refractivity contribution in [3.05, 3.63) is 93.9 Å². The van der Waals surface area contributed by atoms with Crippen LogP contribution in [0.1, 0.15) is 42.3 Å². The number of aromatic nitrogens is 4. The van der Waals surface area contributed by atoms with Crippen LogP contribution in [0, 0.1) is 5.82 Å². The zero-order valence-electron chi connectivity index (χ0n) is 18.9. The Morgan fingerprint density at radius 3 is 2.58 bits per heavy atom. The van der Waals surface area contributed by atoms with Gasteiger partial charge in [-0.25, -0.2) is 14.1 Å². The van der Waals surface area contributed by atoms with E-state index in [0.717, 1.165) is 5.56 Å². The fraction of sp³-hybridized carbons (Fsp3) is 0.280. The van der Waals surface area contributed by atoms with Gasteiger partial charge in [-0.3, -0.25) is 14.2 Å². The molecule has 0 aliphatic heterocycles. The monoisotopic (exact) mass is 447 g/mol. The minimum absolute atomic E-state index is 0.0268. The van der Waals surface area contributed by atoms with Crippen molar-refractivity contribution in [1.29, 1.82) is 0 Å². The van der Waals surface area contributed by atoms with Gasteiger partial charge in [0.2, 0.25) is 0 Å². The molecule has 2 heterocycles. The highest BCUT2D eigenvalue weighted by atomic mass is 19.1. The molecular weight excluding hydrogens is 421 g/mol. The summed E-state index contributed by atoms with van der Waals surface area (Å²) < 4.78 is 16.4. The molecular formula is C25H26FN5O2. The maximum absolute atomic E-state index is 13.4. The van der Waals surface area contributed by atoms with E-state index in [-0.39, 0.29) is 29.2 Å². The number of amides is 1. The molecule has 0 radical (unpaired) electrons. The van der Waals surface area contributed by atoms with E-state index in [1.807, 2.05) is 24.3 Å². The first kappa shape index (κ1) is 22.4. The average Bonchev–Trinajstić information content (AvgIpc) is 3.19. The smallest absolute Gasteiger partial charge is 0.264 e. The molecule has 0 saturated heterocycles. The lowest BCUT2D eigenvalue weighted by Crippen LogP contribution is -2.28. The predicted molar refractivity (Wildman–Crippen MR) is 125 cm³/mol. The van der Waals surface area contributed by atoms with Gasteiger partial charge in [0.15, 0.2) is 5.65 Å². The third-order valence-electron chi connectivity index (χ3n) is 5.49. The van der Waals surface area contributed by atoms with Crippen molar-refractivity contribution < 1.29 is 9.18 Å². The molecule has 0 bridgehead atoms. The maximum atomic E-state index is 13.4. The first-order valence-corrected chi connectivity index (χ1v) is 10.8. The summed E-state index contributed by atoms with van der Waals surface area (Å²) in [6.45, 7) is 7.30. The maximum Gasteiger partial charge on any atom is 0.264 e. The third kappa shape index (κ3) is 5.00. The van der Waals surface area contributed by atoms with Gasteiger partial charge in [0.1, 0.15) is 17.5 Å². The molecule has 33 heavy (non-hydrogen) atoms. The highest BCUT2D eigenvalue weighted by Crippen LogP contribution is 2.22. The van der Waals surface area contributed by atoms with Crippen LogP contribution in [0.2, 0.25) is 0 Å². The van der Waals surface area contributed by atoms with Crippen molar-refractivity contribution in [3.8, 4) is 0 Å². The largest absolute Gasteiger partial charge is 0.350 e. The van der Waals surface area contributed by atoms with E-state index >= 15 is 0 Å². The average molecular weight is 448 g/mol. The Hall–Kier alpha value is -3.81. The van der Waals surface area contributed by atoms with Crippen molar-refractivity contribution >= 4 is 16.9 Å². The van der Waals surface area contributed by atoms with E-state index in [9.17, 15) is 14.0 Å². The van der Waals surface area contributed by atoms with Crippen LogP contribution in [0.25, 0.3) is 11.0 Å². The molecule has 1 N–H and O–H groups in total. The van der Waals surface area contributed by atoms with Crippen LogP contribution in [0.5, 0.6) is 0 Å². The Morgan fingerprint density at radius 2 is 1.88 bits per heavy atom. The van der Waals surface area contributed by atoms with Crippen LogP contribution in [-0.4, -0.2) is 31.8 Å². The number of nitrogens with zero attached hydrogens (tertiary/aromatic N) is 4. The Balaban J connectivity index is 1.41. The van der Waals surface area contributed by atoms with Crippen LogP contribution >= 0.6 is 0 Å². The van der Waals surface area contributed by atoms with Gasteiger partial charge in [-0.1, -0.05) is 45.0 Å². The topological polar surface area (TPSA) is 81.8 Å². The highest BCUT2D eigenvalue weighted by Gasteiger charge is 2.15. The Bertz CT molecular complexity index is 1350. The van der Waals surface area contributed by atoms with E-state index in [1.54, 1.807) is 16.8 Å². The zero-order chi connectivity index (χ0) is 23.6. The second-order valence-electron chi connectivity index (χ2n) is 9.00. The molecule has 2 aromatic carbocycles. The van der Waals surface area contributed by atoms with Gasteiger partial charge in [-0.05, 0) is 40.8 Å². The number of nitrogens with one attached hydrogen (secondary N) is 1. The summed E-state index contributed by atoms with van der Waals surface area (Å²) in [6, 6.07) is 13.7. The molecule has 8 heteroatoms. The van der Waals surface area contributed by atoms with Crippen molar-refractivity contribution in [2.75, 3.05) is 6.54 Å². The van der Waals surface area contributed by atoms with Crippen molar-refractivity contribution in [3.63, 3.8) is 0 Å². The standard InChI is InChI=1S/C25H26FN5O2/c1-25(2,3)19-9-7-18(8-10-19)23(32)27-11-12-31-22-21(14-29-31)24(33)30(16-28-22)15-17-5-4-6-20(26)13-17/h4-10,13-14,16H,11-12,15H2,1-3H3,(H,27,32). The lowest BCUT2D eigenvalue weighted by Gasteiger charge is -2.19. The predicted octanol–water partition coefficient (Wildman–Crippen LogP) is 3.51. The van der Waals surface area contributed by atoms with Crippen molar-refractivity contribution in [1.82, 2.24) is 24.6 Å². The van der Waals surface area contributed by atoms with Crippen molar-refractivity contribution in [2.45, 2.75) is 39.3 Å². The molecule has 0 unspecified atom stereocenters. The van der Waals surface area contributed by atoms with Gasteiger partial charge < -0.3 is 5.32 Å². The molecule has 7 nitrogen and oxygen atoms in total. The summed E-state index contributed by atoms with van der Waals surface area (Å²) in [6.07, 6.45) is 2.91. The number of carbonyl (C=O) groups excluding carboxylic acids is 1. The first-order valence-electron chi connectivity index (χ1n) is 10.8. The SMILES string of the molecule is CC(C)(C)c1ccc(C(=O)NCCn2ncc3c(=O)n(Cc4cccc(F)c4)cnc32)cc1. The molecule has 1 amide bonds. The minimum Gasteiger partial charge on any atom is -0.350 e. The van der Waals surface area contributed by atoms with Gasteiger partial charge in [-0.15, -0.1) is 0 Å². The van der Waals surface area contributed by atoms with Gasteiger partial charge >= 0.3 is 0 Å². The Labute approximate surface area is 190 Å². The lowest BCUT2D eigenvalue weighted by molar-refractivity contribution is 0.0952. The van der Waals surface area contributed by atoms with E-state index in [0.29, 0.717) is 35.2 Å². The zero-order valence-corrected chi connectivity index (χ0v) is 18.9. The molecule has 0 spiro atoms. The second-order valence-corrected chi connectivity index (χ2v) is 9.00. The van der Waals surface area contributed by atoms with Crippen LogP contribution in [0.3, 0.4) is 0 Å². The summed E-state index contributed by atoms with van der Waals surface area (Å²) in [5.74, 6) is -0.521. The highest BCUT2D eigenvalue weighted by molar-refractivity contribution is 5.94. The second kappa shape index (κ2) is 8.97. The Kier molecular flexibility index (Phi) is 6.09. The molecule has 0 atom stereocenters. The fourth-order valence-corrected chi connectivity index (χ4v) is 3.60. The lowest BCUT2D eigenvalue weighted by atomic mass is 9.87. The van der Waals surface area contributed by atoms with E-state index in [4.69, 9.17) is 0 Å². The summed E-state index contributed by atoms with van der Waals surface area (Å²) in [5, 5.41) is 7.51. The summed E-state index contributed by atoms with van der Waals surface area (Å²) >= 11 is 0. The van der Waals surface area contributed by atoms with Gasteiger partial charge in [0, 0.05) is 12.1 Å². The van der Waals surface area contributed by atoms with Crippen LogP contribution < -0.4 is 10.9 Å². The summed E-state index contributed by atoms with van der Waals surface area (Å²) in [7, 11) is 0. The number of halogens is 1. The molecule has 0 aliphatic carbocycles. The number of fused-ring (bicyclic) bond motifs is 1.